The van der Waals surface area contributed by atoms with Crippen LogP contribution >= 0.6 is 0 Å². The highest BCUT2D eigenvalue weighted by Crippen LogP contribution is 2.37. The van der Waals surface area contributed by atoms with E-state index in [2.05, 4.69) is 10.3 Å². The zero-order valence-corrected chi connectivity index (χ0v) is 22.8. The van der Waals surface area contributed by atoms with Gasteiger partial charge in [-0.1, -0.05) is 18.2 Å². The van der Waals surface area contributed by atoms with Crippen LogP contribution in [0.15, 0.2) is 66.9 Å². The molecule has 44 heavy (non-hydrogen) atoms. The predicted octanol–water partition coefficient (Wildman–Crippen LogP) is 5.90. The molecule has 0 aliphatic carbocycles. The fourth-order valence-corrected chi connectivity index (χ4v) is 4.97. The van der Waals surface area contributed by atoms with E-state index in [1.54, 1.807) is 23.1 Å². The van der Waals surface area contributed by atoms with Crippen molar-refractivity contribution in [3.05, 3.63) is 101 Å². The average Bonchev–Trinajstić information content (AvgIpc) is 3.39. The van der Waals surface area contributed by atoms with Crippen LogP contribution in [-0.2, 0) is 28.5 Å². The van der Waals surface area contributed by atoms with Crippen molar-refractivity contribution in [3.8, 4) is 6.07 Å². The summed E-state index contributed by atoms with van der Waals surface area (Å²) in [5.41, 5.74) is -2.75. The Bertz CT molecular complexity index is 1470. The summed E-state index contributed by atoms with van der Waals surface area (Å²) in [6, 6.07) is 13.1. The SMILES string of the molecule is Fc1ccccc1.N#Cc1ccc(C(=O)NC2CC(=O)N3CC(OCc4cc(C(F)(F)F)cc(C(F)(F)F)c4)CC3C2)cn1. The molecular formula is C30H25F7N4O3. The number of alkyl halides is 6. The monoisotopic (exact) mass is 622 g/mol. The Kier molecular flexibility index (Phi) is 9.88. The molecule has 14 heteroatoms. The molecule has 2 aliphatic heterocycles. The Hall–Kier alpha value is -4.51. The van der Waals surface area contributed by atoms with Crippen molar-refractivity contribution in [1.29, 1.82) is 5.26 Å². The van der Waals surface area contributed by atoms with Gasteiger partial charge < -0.3 is 15.0 Å². The minimum absolute atomic E-state index is 0.0290. The quantitative estimate of drug-likeness (QED) is 0.358. The zero-order valence-electron chi connectivity index (χ0n) is 22.8. The number of ether oxygens (including phenoxy) is 1. The molecule has 1 aromatic heterocycles. The number of hydrogen-bond donors (Lipinski definition) is 1. The fourth-order valence-electron chi connectivity index (χ4n) is 4.97. The van der Waals surface area contributed by atoms with E-state index in [9.17, 15) is 40.3 Å². The number of benzene rings is 2. The Labute approximate surface area is 247 Å². The molecule has 3 heterocycles. The number of nitrogens with one attached hydrogen (secondary N) is 1. The highest BCUT2D eigenvalue weighted by atomic mass is 19.4. The third kappa shape index (κ3) is 8.53. The van der Waals surface area contributed by atoms with Gasteiger partial charge in [-0.25, -0.2) is 9.37 Å². The average molecular weight is 623 g/mol. The molecule has 2 amide bonds. The Morgan fingerprint density at radius 2 is 1.66 bits per heavy atom. The number of piperidine rings is 1. The molecule has 3 unspecified atom stereocenters. The summed E-state index contributed by atoms with van der Waals surface area (Å²) in [5, 5.41) is 11.6. The summed E-state index contributed by atoms with van der Waals surface area (Å²) in [7, 11) is 0. The second kappa shape index (κ2) is 13.4. The summed E-state index contributed by atoms with van der Waals surface area (Å²) < 4.78 is 96.1. The lowest BCUT2D eigenvalue weighted by Gasteiger charge is -2.34. The van der Waals surface area contributed by atoms with E-state index in [1.807, 2.05) is 6.07 Å². The minimum Gasteiger partial charge on any atom is -0.372 e. The molecule has 7 nitrogen and oxygen atoms in total. The van der Waals surface area contributed by atoms with Gasteiger partial charge in [-0.2, -0.15) is 31.6 Å². The van der Waals surface area contributed by atoms with Gasteiger partial charge in [0.15, 0.2) is 0 Å². The molecule has 0 radical (unpaired) electrons. The second-order valence-electron chi connectivity index (χ2n) is 10.2. The Morgan fingerprint density at radius 1 is 1.00 bits per heavy atom. The van der Waals surface area contributed by atoms with Gasteiger partial charge in [0.1, 0.15) is 17.6 Å². The van der Waals surface area contributed by atoms with E-state index in [-0.39, 0.29) is 53.6 Å². The van der Waals surface area contributed by atoms with E-state index < -0.39 is 48.1 Å². The van der Waals surface area contributed by atoms with Gasteiger partial charge in [-0.15, -0.1) is 0 Å². The summed E-state index contributed by atoms with van der Waals surface area (Å²) in [5.74, 6) is -0.884. The molecule has 3 aromatic rings. The number of pyridine rings is 1. The van der Waals surface area contributed by atoms with Crippen LogP contribution < -0.4 is 5.32 Å². The van der Waals surface area contributed by atoms with E-state index in [4.69, 9.17) is 10.00 Å². The van der Waals surface area contributed by atoms with Crippen LogP contribution in [-0.4, -0.2) is 46.4 Å². The predicted molar refractivity (Wildman–Crippen MR) is 141 cm³/mol. The standard InChI is InChI=1S/C24H20F6N4O3.C6H5F/c25-23(26,27)15-3-13(4-16(5-15)24(28,29)30)12-37-20-8-19-6-18(7-21(35)34(19)11-20)33-22(36)14-1-2-17(9-31)32-10-14;7-6-4-2-1-3-5-6/h1-5,10,18-20H,6-8,11-12H2,(H,33,36);1-5H. The smallest absolute Gasteiger partial charge is 0.372 e. The Morgan fingerprint density at radius 3 is 2.18 bits per heavy atom. The highest BCUT2D eigenvalue weighted by Gasteiger charge is 2.42. The van der Waals surface area contributed by atoms with Crippen LogP contribution in [0.2, 0.25) is 0 Å². The van der Waals surface area contributed by atoms with Crippen LogP contribution in [0.3, 0.4) is 0 Å². The van der Waals surface area contributed by atoms with Crippen molar-refractivity contribution < 1.29 is 45.1 Å². The maximum absolute atomic E-state index is 13.1. The molecule has 0 spiro atoms. The van der Waals surface area contributed by atoms with Crippen molar-refractivity contribution in [2.75, 3.05) is 6.54 Å². The second-order valence-corrected chi connectivity index (χ2v) is 10.2. The first-order valence-electron chi connectivity index (χ1n) is 13.3. The van der Waals surface area contributed by atoms with Crippen molar-refractivity contribution in [3.63, 3.8) is 0 Å². The summed E-state index contributed by atoms with van der Waals surface area (Å²) in [6.45, 7) is -0.340. The van der Waals surface area contributed by atoms with Crippen LogP contribution in [0, 0.1) is 17.1 Å². The van der Waals surface area contributed by atoms with Gasteiger partial charge in [0.2, 0.25) is 5.91 Å². The first-order chi connectivity index (χ1) is 20.7. The lowest BCUT2D eigenvalue weighted by atomic mass is 9.96. The number of aromatic nitrogens is 1. The van der Waals surface area contributed by atoms with Crippen molar-refractivity contribution >= 4 is 11.8 Å². The van der Waals surface area contributed by atoms with Gasteiger partial charge in [-0.05, 0) is 60.9 Å². The van der Waals surface area contributed by atoms with Crippen molar-refractivity contribution in [2.24, 2.45) is 0 Å². The number of fused-ring (bicyclic) bond motifs is 1. The maximum atomic E-state index is 13.1. The normalized spacial score (nSPS) is 19.8. The van der Waals surface area contributed by atoms with Crippen LogP contribution in [0.1, 0.15) is 52.0 Å². The molecule has 1 N–H and O–H groups in total. The van der Waals surface area contributed by atoms with Crippen molar-refractivity contribution in [1.82, 2.24) is 15.2 Å². The first-order valence-corrected chi connectivity index (χ1v) is 13.3. The summed E-state index contributed by atoms with van der Waals surface area (Å²) >= 11 is 0. The Balaban J connectivity index is 0.000000555. The van der Waals surface area contributed by atoms with Crippen LogP contribution in [0.25, 0.3) is 0 Å². The highest BCUT2D eigenvalue weighted by molar-refractivity contribution is 5.94. The lowest BCUT2D eigenvalue weighted by Crippen LogP contribution is -2.50. The molecule has 2 aromatic carbocycles. The van der Waals surface area contributed by atoms with E-state index in [1.165, 1.54) is 30.5 Å². The number of hydrogen-bond acceptors (Lipinski definition) is 5. The molecule has 2 saturated heterocycles. The van der Waals surface area contributed by atoms with Gasteiger partial charge in [-0.3, -0.25) is 9.59 Å². The molecule has 0 bridgehead atoms. The number of rotatable bonds is 5. The van der Waals surface area contributed by atoms with E-state index >= 15 is 0 Å². The summed E-state index contributed by atoms with van der Waals surface area (Å²) in [4.78, 5) is 30.5. The van der Waals surface area contributed by atoms with E-state index in [0.29, 0.717) is 25.0 Å². The van der Waals surface area contributed by atoms with Gasteiger partial charge in [0.25, 0.3) is 5.91 Å². The minimum atomic E-state index is -4.95. The third-order valence-electron chi connectivity index (χ3n) is 7.02. The topological polar surface area (TPSA) is 95.3 Å². The van der Waals surface area contributed by atoms with Crippen LogP contribution in [0.5, 0.6) is 0 Å². The van der Waals surface area contributed by atoms with Gasteiger partial charge in [0.05, 0.1) is 29.4 Å². The number of halogens is 7. The third-order valence-corrected chi connectivity index (χ3v) is 7.02. The van der Waals surface area contributed by atoms with Crippen LogP contribution in [0.4, 0.5) is 30.7 Å². The largest absolute Gasteiger partial charge is 0.416 e. The van der Waals surface area contributed by atoms with E-state index in [0.717, 1.165) is 0 Å². The molecule has 2 aliphatic rings. The molecule has 2 fully saturated rings. The molecule has 0 saturated carbocycles. The zero-order chi connectivity index (χ0) is 32.1. The molecule has 5 rings (SSSR count). The van der Waals surface area contributed by atoms with Crippen molar-refractivity contribution in [2.45, 2.75) is 56.4 Å². The number of amides is 2. The number of carbonyl (C=O) groups is 2. The summed E-state index contributed by atoms with van der Waals surface area (Å²) in [6.07, 6.45) is -8.49. The first kappa shape index (κ1) is 32.4. The number of carbonyl (C=O) groups excluding carboxylic acids is 2. The fraction of sp³-hybridized carbons (Fsp3) is 0.333. The number of nitriles is 1. The van der Waals surface area contributed by atoms with Gasteiger partial charge >= 0.3 is 12.4 Å². The maximum Gasteiger partial charge on any atom is 0.416 e. The molecular weight excluding hydrogens is 597 g/mol. The van der Waals surface area contributed by atoms with Gasteiger partial charge in [0, 0.05) is 31.2 Å². The lowest BCUT2D eigenvalue weighted by molar-refractivity contribution is -0.143. The molecule has 3 atom stereocenters. The number of nitrogens with zero attached hydrogens (tertiary/aromatic N) is 3. The molecule has 232 valence electrons.